The van der Waals surface area contributed by atoms with E-state index >= 15 is 0 Å². The standard InChI is InChI=1S/C15H14N6OS/c1-9-5-12(18-8-17-9)10-3-2-4-11(19-10)13-7-23-15(20-13)21-14(22)6-16/h2-5,7-8H,6,16H2,1H3,(H,20,21,22). The van der Waals surface area contributed by atoms with Crippen LogP contribution in [0.2, 0.25) is 0 Å². The van der Waals surface area contributed by atoms with Crippen molar-refractivity contribution in [2.75, 3.05) is 11.9 Å². The molecule has 3 heterocycles. The largest absolute Gasteiger partial charge is 0.322 e. The van der Waals surface area contributed by atoms with Crippen LogP contribution in [0, 0.1) is 6.92 Å². The Balaban J connectivity index is 1.89. The summed E-state index contributed by atoms with van der Waals surface area (Å²) in [7, 11) is 0. The number of nitrogens with zero attached hydrogens (tertiary/aromatic N) is 4. The van der Waals surface area contributed by atoms with Gasteiger partial charge in [-0.2, -0.15) is 0 Å². The molecule has 3 aromatic rings. The number of carbonyl (C=O) groups is 1. The van der Waals surface area contributed by atoms with Crippen molar-refractivity contribution >= 4 is 22.4 Å². The molecule has 0 aromatic carbocycles. The van der Waals surface area contributed by atoms with E-state index in [-0.39, 0.29) is 12.5 Å². The first kappa shape index (κ1) is 15.2. The van der Waals surface area contributed by atoms with Gasteiger partial charge in [0.05, 0.1) is 23.6 Å². The van der Waals surface area contributed by atoms with Gasteiger partial charge in [-0.1, -0.05) is 6.07 Å². The fourth-order valence-electron chi connectivity index (χ4n) is 1.93. The molecule has 0 aliphatic carbocycles. The number of hydrogen-bond donors (Lipinski definition) is 2. The molecular weight excluding hydrogens is 312 g/mol. The van der Waals surface area contributed by atoms with Crippen molar-refractivity contribution in [2.24, 2.45) is 5.73 Å². The fraction of sp³-hybridized carbons (Fsp3) is 0.133. The lowest BCUT2D eigenvalue weighted by molar-refractivity contribution is -0.114. The van der Waals surface area contributed by atoms with Crippen molar-refractivity contribution < 1.29 is 4.79 Å². The van der Waals surface area contributed by atoms with Crippen LogP contribution < -0.4 is 11.1 Å². The lowest BCUT2D eigenvalue weighted by atomic mass is 10.2. The Morgan fingerprint density at radius 1 is 1.17 bits per heavy atom. The highest BCUT2D eigenvalue weighted by atomic mass is 32.1. The average molecular weight is 326 g/mol. The Morgan fingerprint density at radius 3 is 2.70 bits per heavy atom. The molecule has 0 unspecified atom stereocenters. The molecule has 7 nitrogen and oxygen atoms in total. The first-order chi connectivity index (χ1) is 11.2. The van der Waals surface area contributed by atoms with Crippen LogP contribution in [-0.2, 0) is 4.79 Å². The number of nitrogens with two attached hydrogens (primary N) is 1. The van der Waals surface area contributed by atoms with Gasteiger partial charge in [-0.15, -0.1) is 11.3 Å². The first-order valence-electron chi connectivity index (χ1n) is 6.87. The van der Waals surface area contributed by atoms with Gasteiger partial charge in [0.1, 0.15) is 12.0 Å². The van der Waals surface area contributed by atoms with Crippen LogP contribution in [0.15, 0.2) is 36.0 Å². The van der Waals surface area contributed by atoms with Crippen LogP contribution >= 0.6 is 11.3 Å². The molecule has 0 spiro atoms. The van der Waals surface area contributed by atoms with Crippen molar-refractivity contribution in [3.8, 4) is 22.8 Å². The van der Waals surface area contributed by atoms with Crippen LogP contribution in [0.25, 0.3) is 22.8 Å². The molecule has 0 aliphatic rings. The minimum Gasteiger partial charge on any atom is -0.322 e. The second kappa shape index (κ2) is 6.59. The van der Waals surface area contributed by atoms with Crippen LogP contribution in [0.3, 0.4) is 0 Å². The minimum absolute atomic E-state index is 0.0737. The second-order valence-corrected chi connectivity index (χ2v) is 5.60. The monoisotopic (exact) mass is 326 g/mol. The van der Waals surface area contributed by atoms with E-state index in [0.717, 1.165) is 17.1 Å². The second-order valence-electron chi connectivity index (χ2n) is 4.74. The number of aromatic nitrogens is 4. The average Bonchev–Trinajstić information content (AvgIpc) is 3.03. The van der Waals surface area contributed by atoms with Gasteiger partial charge < -0.3 is 11.1 Å². The third-order valence-corrected chi connectivity index (χ3v) is 3.77. The van der Waals surface area contributed by atoms with E-state index < -0.39 is 0 Å². The zero-order valence-corrected chi connectivity index (χ0v) is 13.2. The Kier molecular flexibility index (Phi) is 4.35. The SMILES string of the molecule is Cc1cc(-c2cccc(-c3csc(NC(=O)CN)n3)n2)ncn1. The summed E-state index contributed by atoms with van der Waals surface area (Å²) in [5.41, 5.74) is 9.05. The number of rotatable bonds is 4. The van der Waals surface area contributed by atoms with Crippen molar-refractivity contribution in [3.05, 3.63) is 41.7 Å². The molecule has 3 aromatic heterocycles. The summed E-state index contributed by atoms with van der Waals surface area (Å²) >= 11 is 1.33. The number of thiazole rings is 1. The van der Waals surface area contributed by atoms with Crippen LogP contribution in [0.1, 0.15) is 5.69 Å². The highest BCUT2D eigenvalue weighted by Gasteiger charge is 2.10. The molecule has 1 amide bonds. The van der Waals surface area contributed by atoms with Crippen molar-refractivity contribution in [1.82, 2.24) is 19.9 Å². The van der Waals surface area contributed by atoms with E-state index in [1.54, 1.807) is 0 Å². The summed E-state index contributed by atoms with van der Waals surface area (Å²) in [6, 6.07) is 7.52. The fourth-order valence-corrected chi connectivity index (χ4v) is 2.65. The smallest absolute Gasteiger partial charge is 0.239 e. The molecule has 3 rings (SSSR count). The molecule has 0 atom stereocenters. The zero-order chi connectivity index (χ0) is 16.2. The van der Waals surface area contributed by atoms with Gasteiger partial charge in [-0.3, -0.25) is 4.79 Å². The Bertz CT molecular complexity index is 847. The van der Waals surface area contributed by atoms with Crippen LogP contribution in [0.4, 0.5) is 5.13 Å². The molecule has 3 N–H and O–H groups in total. The van der Waals surface area contributed by atoms with E-state index in [4.69, 9.17) is 5.73 Å². The van der Waals surface area contributed by atoms with E-state index in [1.807, 2.05) is 36.6 Å². The summed E-state index contributed by atoms with van der Waals surface area (Å²) in [6.07, 6.45) is 1.52. The predicted molar refractivity (Wildman–Crippen MR) is 88.8 cm³/mol. The zero-order valence-electron chi connectivity index (χ0n) is 12.4. The van der Waals surface area contributed by atoms with E-state index in [1.165, 1.54) is 17.7 Å². The lowest BCUT2D eigenvalue weighted by Crippen LogP contribution is -2.21. The summed E-state index contributed by atoms with van der Waals surface area (Å²) < 4.78 is 0. The van der Waals surface area contributed by atoms with Gasteiger partial charge in [-0.25, -0.2) is 19.9 Å². The molecule has 0 saturated heterocycles. The molecule has 0 bridgehead atoms. The van der Waals surface area contributed by atoms with E-state index in [9.17, 15) is 4.79 Å². The molecular formula is C15H14N6OS. The summed E-state index contributed by atoms with van der Waals surface area (Å²) in [5.74, 6) is -0.274. The molecule has 116 valence electrons. The number of nitrogens with one attached hydrogen (secondary N) is 1. The van der Waals surface area contributed by atoms with Gasteiger partial charge in [0.2, 0.25) is 5.91 Å². The molecule has 0 saturated carbocycles. The molecule has 0 radical (unpaired) electrons. The van der Waals surface area contributed by atoms with Crippen molar-refractivity contribution in [1.29, 1.82) is 0 Å². The van der Waals surface area contributed by atoms with Gasteiger partial charge in [0, 0.05) is 11.1 Å². The maximum atomic E-state index is 11.3. The topological polar surface area (TPSA) is 107 Å². The maximum absolute atomic E-state index is 11.3. The Morgan fingerprint density at radius 2 is 1.96 bits per heavy atom. The summed E-state index contributed by atoms with van der Waals surface area (Å²) in [4.78, 5) is 28.6. The number of amides is 1. The first-order valence-corrected chi connectivity index (χ1v) is 7.75. The highest BCUT2D eigenvalue weighted by Crippen LogP contribution is 2.25. The van der Waals surface area contributed by atoms with Crippen molar-refractivity contribution in [2.45, 2.75) is 6.92 Å². The number of anilines is 1. The number of pyridine rings is 1. The summed E-state index contributed by atoms with van der Waals surface area (Å²) in [6.45, 7) is 1.83. The lowest BCUT2D eigenvalue weighted by Gasteiger charge is -2.03. The Labute approximate surface area is 136 Å². The van der Waals surface area contributed by atoms with Crippen LogP contribution in [0.5, 0.6) is 0 Å². The minimum atomic E-state index is -0.274. The third-order valence-electron chi connectivity index (χ3n) is 3.01. The molecule has 0 fully saturated rings. The number of hydrogen-bond acceptors (Lipinski definition) is 7. The number of carbonyl (C=O) groups excluding carboxylic acids is 1. The maximum Gasteiger partial charge on any atom is 0.239 e. The normalized spacial score (nSPS) is 10.5. The molecule has 23 heavy (non-hydrogen) atoms. The molecule has 0 aliphatic heterocycles. The van der Waals surface area contributed by atoms with Gasteiger partial charge >= 0.3 is 0 Å². The van der Waals surface area contributed by atoms with Crippen LogP contribution in [-0.4, -0.2) is 32.4 Å². The third kappa shape index (κ3) is 3.55. The van der Waals surface area contributed by atoms with Gasteiger partial charge in [-0.05, 0) is 25.1 Å². The van der Waals surface area contributed by atoms with E-state index in [0.29, 0.717) is 16.5 Å². The molecule has 8 heteroatoms. The van der Waals surface area contributed by atoms with Gasteiger partial charge in [0.25, 0.3) is 0 Å². The van der Waals surface area contributed by atoms with Crippen molar-refractivity contribution in [3.63, 3.8) is 0 Å². The quantitative estimate of drug-likeness (QED) is 0.758. The predicted octanol–water partition coefficient (Wildman–Crippen LogP) is 1.87. The van der Waals surface area contributed by atoms with Gasteiger partial charge in [0.15, 0.2) is 5.13 Å². The number of aryl methyl sites for hydroxylation is 1. The van der Waals surface area contributed by atoms with E-state index in [2.05, 4.69) is 25.3 Å². The Hall–Kier alpha value is -2.71. The highest BCUT2D eigenvalue weighted by molar-refractivity contribution is 7.14. The summed E-state index contributed by atoms with van der Waals surface area (Å²) in [5, 5.41) is 4.97.